The second-order valence-corrected chi connectivity index (χ2v) is 5.91. The molecular weight excluding hydrogens is 316 g/mol. The number of carbonyl (C=O) groups is 1. The van der Waals surface area contributed by atoms with E-state index in [2.05, 4.69) is 9.88 Å². The molecule has 0 aliphatic rings. The number of nitrogens with one attached hydrogen (secondary N) is 1. The average Bonchev–Trinajstić information content (AvgIpc) is 3.23. The first kappa shape index (κ1) is 16.9. The van der Waals surface area contributed by atoms with Crippen molar-refractivity contribution in [3.63, 3.8) is 0 Å². The predicted molar refractivity (Wildman–Crippen MR) is 96.5 cm³/mol. The van der Waals surface area contributed by atoms with Gasteiger partial charge in [0.25, 0.3) is 5.91 Å². The standard InChI is InChI=1S/C20H22N2O3/c1-14-12-19(20(23)21-10-9-17-8-5-11-25-17)15(2)22(14)16-6-4-7-18(13-16)24-3/h4-8,11-13H,9-10H2,1-3H3,(H,21,23). The largest absolute Gasteiger partial charge is 0.497 e. The number of aryl methyl sites for hydroxylation is 1. The Bertz CT molecular complexity index is 863. The van der Waals surface area contributed by atoms with Crippen molar-refractivity contribution in [2.45, 2.75) is 20.3 Å². The molecule has 25 heavy (non-hydrogen) atoms. The maximum atomic E-state index is 12.5. The van der Waals surface area contributed by atoms with E-state index in [0.717, 1.165) is 28.6 Å². The highest BCUT2D eigenvalue weighted by molar-refractivity contribution is 5.95. The minimum Gasteiger partial charge on any atom is -0.497 e. The molecule has 0 bridgehead atoms. The molecule has 0 spiro atoms. The van der Waals surface area contributed by atoms with Gasteiger partial charge in [-0.3, -0.25) is 4.79 Å². The van der Waals surface area contributed by atoms with Crippen molar-refractivity contribution in [3.8, 4) is 11.4 Å². The Labute approximate surface area is 147 Å². The van der Waals surface area contributed by atoms with Gasteiger partial charge in [-0.25, -0.2) is 0 Å². The summed E-state index contributed by atoms with van der Waals surface area (Å²) < 4.78 is 12.6. The first-order chi connectivity index (χ1) is 12.1. The highest BCUT2D eigenvalue weighted by Crippen LogP contribution is 2.23. The molecule has 0 fully saturated rings. The van der Waals surface area contributed by atoms with Crippen LogP contribution in [0.25, 0.3) is 5.69 Å². The second kappa shape index (κ2) is 7.30. The van der Waals surface area contributed by atoms with Crippen LogP contribution >= 0.6 is 0 Å². The van der Waals surface area contributed by atoms with Crippen LogP contribution in [-0.4, -0.2) is 24.1 Å². The molecular formula is C20H22N2O3. The smallest absolute Gasteiger partial charge is 0.253 e. The number of benzene rings is 1. The molecule has 1 N–H and O–H groups in total. The molecule has 0 radical (unpaired) electrons. The molecule has 0 aliphatic carbocycles. The lowest BCUT2D eigenvalue weighted by molar-refractivity contribution is 0.0953. The van der Waals surface area contributed by atoms with Crippen LogP contribution in [0.4, 0.5) is 0 Å². The molecule has 0 saturated heterocycles. The van der Waals surface area contributed by atoms with E-state index in [1.807, 2.05) is 56.3 Å². The van der Waals surface area contributed by atoms with Crippen molar-refractivity contribution < 1.29 is 13.9 Å². The molecule has 1 amide bonds. The van der Waals surface area contributed by atoms with Crippen molar-refractivity contribution >= 4 is 5.91 Å². The number of amides is 1. The van der Waals surface area contributed by atoms with E-state index < -0.39 is 0 Å². The van der Waals surface area contributed by atoms with Gasteiger partial charge in [0, 0.05) is 36.1 Å². The van der Waals surface area contributed by atoms with E-state index in [0.29, 0.717) is 18.5 Å². The SMILES string of the molecule is COc1cccc(-n2c(C)cc(C(=O)NCCc3ccco3)c2C)c1. The van der Waals surface area contributed by atoms with Gasteiger partial charge in [-0.05, 0) is 44.2 Å². The van der Waals surface area contributed by atoms with E-state index >= 15 is 0 Å². The fraction of sp³-hybridized carbons (Fsp3) is 0.250. The molecule has 5 heteroatoms. The van der Waals surface area contributed by atoms with Gasteiger partial charge in [0.05, 0.1) is 18.9 Å². The maximum Gasteiger partial charge on any atom is 0.253 e. The van der Waals surface area contributed by atoms with Crippen LogP contribution in [0, 0.1) is 13.8 Å². The summed E-state index contributed by atoms with van der Waals surface area (Å²) in [6, 6.07) is 13.5. The van der Waals surface area contributed by atoms with Crippen molar-refractivity contribution in [1.29, 1.82) is 0 Å². The summed E-state index contributed by atoms with van der Waals surface area (Å²) in [6.45, 7) is 4.48. The summed E-state index contributed by atoms with van der Waals surface area (Å²) in [7, 11) is 1.65. The number of hydrogen-bond acceptors (Lipinski definition) is 3. The number of ether oxygens (including phenoxy) is 1. The monoisotopic (exact) mass is 338 g/mol. The molecule has 0 unspecified atom stereocenters. The highest BCUT2D eigenvalue weighted by atomic mass is 16.5. The predicted octanol–water partition coefficient (Wildman–Crippen LogP) is 3.67. The van der Waals surface area contributed by atoms with Gasteiger partial charge < -0.3 is 19.0 Å². The fourth-order valence-corrected chi connectivity index (χ4v) is 2.99. The minimum absolute atomic E-state index is 0.0752. The molecule has 3 rings (SSSR count). The summed E-state index contributed by atoms with van der Waals surface area (Å²) >= 11 is 0. The van der Waals surface area contributed by atoms with Gasteiger partial charge in [0.2, 0.25) is 0 Å². The normalized spacial score (nSPS) is 10.7. The molecule has 130 valence electrons. The van der Waals surface area contributed by atoms with Crippen molar-refractivity contribution in [2.24, 2.45) is 0 Å². The number of aromatic nitrogens is 1. The van der Waals surface area contributed by atoms with Crippen LogP contribution in [0.5, 0.6) is 5.75 Å². The summed E-state index contributed by atoms with van der Waals surface area (Å²) in [5.74, 6) is 1.57. The number of methoxy groups -OCH3 is 1. The Morgan fingerprint density at radius 1 is 1.20 bits per heavy atom. The van der Waals surface area contributed by atoms with Crippen LogP contribution in [0.2, 0.25) is 0 Å². The van der Waals surface area contributed by atoms with Crippen LogP contribution in [-0.2, 0) is 6.42 Å². The number of nitrogens with zero attached hydrogens (tertiary/aromatic N) is 1. The zero-order chi connectivity index (χ0) is 17.8. The molecule has 5 nitrogen and oxygen atoms in total. The molecule has 2 heterocycles. The first-order valence-electron chi connectivity index (χ1n) is 8.24. The lowest BCUT2D eigenvalue weighted by Crippen LogP contribution is -2.26. The zero-order valence-corrected chi connectivity index (χ0v) is 14.7. The van der Waals surface area contributed by atoms with Gasteiger partial charge in [-0.15, -0.1) is 0 Å². The Balaban J connectivity index is 1.77. The van der Waals surface area contributed by atoms with Gasteiger partial charge in [0.1, 0.15) is 11.5 Å². The molecule has 1 aromatic carbocycles. The van der Waals surface area contributed by atoms with Crippen molar-refractivity contribution in [1.82, 2.24) is 9.88 Å². The van der Waals surface area contributed by atoms with Crippen LogP contribution in [0.3, 0.4) is 0 Å². The fourth-order valence-electron chi connectivity index (χ4n) is 2.99. The Kier molecular flexibility index (Phi) is 4.93. The number of furan rings is 1. The summed E-state index contributed by atoms with van der Waals surface area (Å²) in [6.07, 6.45) is 2.31. The molecule has 0 saturated carbocycles. The maximum absolute atomic E-state index is 12.5. The van der Waals surface area contributed by atoms with E-state index in [-0.39, 0.29) is 5.91 Å². The summed E-state index contributed by atoms with van der Waals surface area (Å²) in [5.41, 5.74) is 3.56. The molecule has 0 atom stereocenters. The third kappa shape index (κ3) is 3.60. The zero-order valence-electron chi connectivity index (χ0n) is 14.7. The van der Waals surface area contributed by atoms with Crippen LogP contribution in [0.1, 0.15) is 27.5 Å². The lowest BCUT2D eigenvalue weighted by Gasteiger charge is -2.11. The first-order valence-corrected chi connectivity index (χ1v) is 8.24. The van der Waals surface area contributed by atoms with Crippen molar-refractivity contribution in [2.75, 3.05) is 13.7 Å². The number of carbonyl (C=O) groups excluding carboxylic acids is 1. The topological polar surface area (TPSA) is 56.4 Å². The van der Waals surface area contributed by atoms with E-state index in [4.69, 9.17) is 9.15 Å². The quantitative estimate of drug-likeness (QED) is 0.746. The number of rotatable bonds is 6. The third-order valence-electron chi connectivity index (χ3n) is 4.22. The summed E-state index contributed by atoms with van der Waals surface area (Å²) in [4.78, 5) is 12.5. The molecule has 3 aromatic rings. The second-order valence-electron chi connectivity index (χ2n) is 5.91. The van der Waals surface area contributed by atoms with Gasteiger partial charge in [-0.1, -0.05) is 6.07 Å². The van der Waals surface area contributed by atoms with Crippen molar-refractivity contribution in [3.05, 3.63) is 71.4 Å². The lowest BCUT2D eigenvalue weighted by atomic mass is 10.2. The van der Waals surface area contributed by atoms with E-state index in [9.17, 15) is 4.79 Å². The molecule has 0 aliphatic heterocycles. The van der Waals surface area contributed by atoms with E-state index in [1.54, 1.807) is 13.4 Å². The van der Waals surface area contributed by atoms with Crippen LogP contribution in [0.15, 0.2) is 53.1 Å². The Morgan fingerprint density at radius 3 is 2.76 bits per heavy atom. The van der Waals surface area contributed by atoms with E-state index in [1.165, 1.54) is 0 Å². The Hall–Kier alpha value is -2.95. The third-order valence-corrected chi connectivity index (χ3v) is 4.22. The van der Waals surface area contributed by atoms with Crippen LogP contribution < -0.4 is 10.1 Å². The Morgan fingerprint density at radius 2 is 2.04 bits per heavy atom. The summed E-state index contributed by atoms with van der Waals surface area (Å²) in [5, 5.41) is 2.96. The molecule has 2 aromatic heterocycles. The number of hydrogen-bond donors (Lipinski definition) is 1. The van der Waals surface area contributed by atoms with Gasteiger partial charge >= 0.3 is 0 Å². The van der Waals surface area contributed by atoms with Gasteiger partial charge in [0.15, 0.2) is 0 Å². The minimum atomic E-state index is -0.0752. The van der Waals surface area contributed by atoms with Gasteiger partial charge in [-0.2, -0.15) is 0 Å². The average molecular weight is 338 g/mol. The highest BCUT2D eigenvalue weighted by Gasteiger charge is 2.16.